The van der Waals surface area contributed by atoms with Crippen LogP contribution in [0.25, 0.3) is 0 Å². The van der Waals surface area contributed by atoms with Gasteiger partial charge in [0.15, 0.2) is 0 Å². The van der Waals surface area contributed by atoms with Crippen molar-refractivity contribution in [3.8, 4) is 5.75 Å². The Labute approximate surface area is 125 Å². The van der Waals surface area contributed by atoms with Crippen LogP contribution in [-0.4, -0.2) is 24.4 Å². The third-order valence-electron chi connectivity index (χ3n) is 3.92. The van der Waals surface area contributed by atoms with E-state index in [0.29, 0.717) is 19.2 Å². The van der Waals surface area contributed by atoms with Crippen LogP contribution in [-0.2, 0) is 6.42 Å². The van der Waals surface area contributed by atoms with Crippen LogP contribution in [0.5, 0.6) is 5.75 Å². The standard InChI is InChI=1S/C18H21NO2/c20-15(13-21-16-7-2-1-3-8-16)12-19-18-11-10-14-6-4-5-9-17(14)18/h1-9,15,18-20H,10-13H2/t15-,18+/m0/s1. The van der Waals surface area contributed by atoms with Gasteiger partial charge in [0.1, 0.15) is 18.5 Å². The van der Waals surface area contributed by atoms with Crippen LogP contribution < -0.4 is 10.1 Å². The molecule has 0 fully saturated rings. The highest BCUT2D eigenvalue weighted by molar-refractivity contribution is 5.34. The highest BCUT2D eigenvalue weighted by Gasteiger charge is 2.21. The third-order valence-corrected chi connectivity index (χ3v) is 3.92. The number of aliphatic hydroxyl groups is 1. The Kier molecular flexibility index (Phi) is 4.53. The lowest BCUT2D eigenvalue weighted by Gasteiger charge is -2.18. The molecule has 1 aliphatic rings. The zero-order chi connectivity index (χ0) is 14.5. The number of nitrogens with one attached hydrogen (secondary N) is 1. The minimum absolute atomic E-state index is 0.311. The third kappa shape index (κ3) is 3.63. The van der Waals surface area contributed by atoms with E-state index in [0.717, 1.165) is 18.6 Å². The SMILES string of the molecule is O[C@@H](CN[C@@H]1CCc2ccccc21)COc1ccccc1. The quantitative estimate of drug-likeness (QED) is 0.856. The second-order valence-corrected chi connectivity index (χ2v) is 5.48. The van der Waals surface area contributed by atoms with E-state index in [2.05, 4.69) is 29.6 Å². The van der Waals surface area contributed by atoms with Crippen LogP contribution in [0, 0.1) is 0 Å². The topological polar surface area (TPSA) is 41.5 Å². The molecule has 0 saturated carbocycles. The number of benzene rings is 2. The van der Waals surface area contributed by atoms with Gasteiger partial charge in [-0.2, -0.15) is 0 Å². The molecule has 2 aromatic rings. The average molecular weight is 283 g/mol. The highest BCUT2D eigenvalue weighted by atomic mass is 16.5. The van der Waals surface area contributed by atoms with Gasteiger partial charge in [0.2, 0.25) is 0 Å². The van der Waals surface area contributed by atoms with Crippen molar-refractivity contribution in [2.45, 2.75) is 25.0 Å². The first-order chi connectivity index (χ1) is 10.3. The molecule has 0 saturated heterocycles. The molecule has 3 nitrogen and oxygen atoms in total. The van der Waals surface area contributed by atoms with E-state index in [4.69, 9.17) is 4.74 Å². The van der Waals surface area contributed by atoms with Crippen molar-refractivity contribution in [2.75, 3.05) is 13.2 Å². The summed E-state index contributed by atoms with van der Waals surface area (Å²) in [5.74, 6) is 0.794. The van der Waals surface area contributed by atoms with Crippen molar-refractivity contribution < 1.29 is 9.84 Å². The maximum Gasteiger partial charge on any atom is 0.119 e. The summed E-state index contributed by atoms with van der Waals surface area (Å²) in [5, 5.41) is 13.5. The molecule has 0 unspecified atom stereocenters. The summed E-state index contributed by atoms with van der Waals surface area (Å²) in [6.45, 7) is 0.858. The molecule has 3 rings (SSSR count). The molecule has 21 heavy (non-hydrogen) atoms. The molecular weight excluding hydrogens is 262 g/mol. The Bertz CT molecular complexity index is 570. The van der Waals surface area contributed by atoms with Gasteiger partial charge in [-0.3, -0.25) is 0 Å². The fraction of sp³-hybridized carbons (Fsp3) is 0.333. The van der Waals surface area contributed by atoms with E-state index in [1.54, 1.807) is 0 Å². The second-order valence-electron chi connectivity index (χ2n) is 5.48. The summed E-state index contributed by atoms with van der Waals surface area (Å²) in [7, 11) is 0. The number of aryl methyl sites for hydroxylation is 1. The van der Waals surface area contributed by atoms with Gasteiger partial charge in [-0.1, -0.05) is 42.5 Å². The van der Waals surface area contributed by atoms with Crippen molar-refractivity contribution in [1.29, 1.82) is 0 Å². The summed E-state index contributed by atoms with van der Waals surface area (Å²) < 4.78 is 5.56. The van der Waals surface area contributed by atoms with E-state index < -0.39 is 6.10 Å². The van der Waals surface area contributed by atoms with Gasteiger partial charge in [0.25, 0.3) is 0 Å². The fourth-order valence-corrected chi connectivity index (χ4v) is 2.82. The molecule has 0 aliphatic heterocycles. The van der Waals surface area contributed by atoms with E-state index in [9.17, 15) is 5.11 Å². The predicted octanol–water partition coefficient (Wildman–Crippen LogP) is 2.70. The van der Waals surface area contributed by atoms with Crippen molar-refractivity contribution in [2.24, 2.45) is 0 Å². The first-order valence-electron chi connectivity index (χ1n) is 7.50. The Morgan fingerprint density at radius 3 is 2.71 bits per heavy atom. The molecule has 1 aliphatic carbocycles. The number of ether oxygens (including phenoxy) is 1. The number of hydrogen-bond donors (Lipinski definition) is 2. The van der Waals surface area contributed by atoms with E-state index in [1.165, 1.54) is 11.1 Å². The lowest BCUT2D eigenvalue weighted by molar-refractivity contribution is 0.103. The fourth-order valence-electron chi connectivity index (χ4n) is 2.82. The van der Waals surface area contributed by atoms with Gasteiger partial charge >= 0.3 is 0 Å². The molecule has 2 N–H and O–H groups in total. The van der Waals surface area contributed by atoms with Crippen LogP contribution in [0.15, 0.2) is 54.6 Å². The van der Waals surface area contributed by atoms with Gasteiger partial charge < -0.3 is 15.2 Å². The molecule has 0 heterocycles. The maximum absolute atomic E-state index is 10.0. The average Bonchev–Trinajstić information content (AvgIpc) is 2.95. The summed E-state index contributed by atoms with van der Waals surface area (Å²) in [5.41, 5.74) is 2.79. The molecule has 3 heteroatoms. The van der Waals surface area contributed by atoms with Gasteiger partial charge in [0, 0.05) is 12.6 Å². The number of para-hydroxylation sites is 1. The second kappa shape index (κ2) is 6.74. The van der Waals surface area contributed by atoms with Gasteiger partial charge in [-0.05, 0) is 36.1 Å². The molecule has 2 atom stereocenters. The van der Waals surface area contributed by atoms with Gasteiger partial charge in [0.05, 0.1) is 0 Å². The molecule has 0 amide bonds. The lowest BCUT2D eigenvalue weighted by atomic mass is 10.1. The summed E-state index contributed by atoms with van der Waals surface area (Å²) >= 11 is 0. The molecule has 0 aromatic heterocycles. The number of fused-ring (bicyclic) bond motifs is 1. The first kappa shape index (κ1) is 14.1. The monoisotopic (exact) mass is 283 g/mol. The summed E-state index contributed by atoms with van der Waals surface area (Å²) in [6.07, 6.45) is 1.72. The smallest absolute Gasteiger partial charge is 0.119 e. The minimum atomic E-state index is -0.502. The highest BCUT2D eigenvalue weighted by Crippen LogP contribution is 2.30. The van der Waals surface area contributed by atoms with Crippen LogP contribution >= 0.6 is 0 Å². The zero-order valence-electron chi connectivity index (χ0n) is 12.0. The van der Waals surface area contributed by atoms with Crippen LogP contribution in [0.1, 0.15) is 23.6 Å². The Hall–Kier alpha value is -1.84. The minimum Gasteiger partial charge on any atom is -0.491 e. The van der Waals surface area contributed by atoms with Crippen molar-refractivity contribution in [3.63, 3.8) is 0 Å². The zero-order valence-corrected chi connectivity index (χ0v) is 12.0. The van der Waals surface area contributed by atoms with Crippen molar-refractivity contribution in [1.82, 2.24) is 5.32 Å². The van der Waals surface area contributed by atoms with Crippen LogP contribution in [0.4, 0.5) is 0 Å². The van der Waals surface area contributed by atoms with E-state index in [-0.39, 0.29) is 0 Å². The Morgan fingerprint density at radius 2 is 1.86 bits per heavy atom. The molecule has 110 valence electrons. The van der Waals surface area contributed by atoms with Crippen molar-refractivity contribution >= 4 is 0 Å². The van der Waals surface area contributed by atoms with E-state index >= 15 is 0 Å². The number of rotatable bonds is 6. The summed E-state index contributed by atoms with van der Waals surface area (Å²) in [6, 6.07) is 18.5. The van der Waals surface area contributed by atoms with Crippen LogP contribution in [0.2, 0.25) is 0 Å². The number of aliphatic hydroxyl groups excluding tert-OH is 1. The molecule has 2 aromatic carbocycles. The lowest BCUT2D eigenvalue weighted by Crippen LogP contribution is -2.33. The Balaban J connectivity index is 1.45. The maximum atomic E-state index is 10.0. The summed E-state index contributed by atoms with van der Waals surface area (Å²) in [4.78, 5) is 0. The van der Waals surface area contributed by atoms with Crippen molar-refractivity contribution in [3.05, 3.63) is 65.7 Å². The van der Waals surface area contributed by atoms with Gasteiger partial charge in [-0.25, -0.2) is 0 Å². The Morgan fingerprint density at radius 1 is 1.10 bits per heavy atom. The molecule has 0 radical (unpaired) electrons. The molecule has 0 spiro atoms. The normalized spacial score (nSPS) is 18.2. The van der Waals surface area contributed by atoms with Crippen LogP contribution in [0.3, 0.4) is 0 Å². The largest absolute Gasteiger partial charge is 0.491 e. The molecule has 0 bridgehead atoms. The first-order valence-corrected chi connectivity index (χ1v) is 7.50. The number of hydrogen-bond acceptors (Lipinski definition) is 3. The predicted molar refractivity (Wildman–Crippen MR) is 83.5 cm³/mol. The van der Waals surface area contributed by atoms with Gasteiger partial charge in [-0.15, -0.1) is 0 Å². The van der Waals surface area contributed by atoms with E-state index in [1.807, 2.05) is 30.3 Å². The molecular formula is C18H21NO2.